The van der Waals surface area contributed by atoms with Crippen molar-refractivity contribution in [2.75, 3.05) is 30.6 Å². The number of thiazole rings is 1. The van der Waals surface area contributed by atoms with Crippen LogP contribution in [0, 0.1) is 5.41 Å². The van der Waals surface area contributed by atoms with Crippen LogP contribution in [0.2, 0.25) is 0 Å². The Morgan fingerprint density at radius 2 is 2.08 bits per heavy atom. The molecule has 0 amide bonds. The molecule has 8 heteroatoms. The highest BCUT2D eigenvalue weighted by Gasteiger charge is 2.48. The largest absolute Gasteiger partial charge is 0.385 e. The highest BCUT2D eigenvalue weighted by atomic mass is 32.2. The Morgan fingerprint density at radius 1 is 1.36 bits per heavy atom. The molecule has 132 valence electrons. The molecule has 5 nitrogen and oxygen atoms in total. The van der Waals surface area contributed by atoms with Crippen molar-refractivity contribution in [2.45, 2.75) is 10.8 Å². The maximum absolute atomic E-state index is 8.32. The molecule has 0 radical (unpaired) electrons. The topological polar surface area (TPSA) is 78.0 Å². The Morgan fingerprint density at radius 3 is 2.60 bits per heavy atom. The summed E-state index contributed by atoms with van der Waals surface area (Å²) in [6.07, 6.45) is 4.20. The lowest BCUT2D eigenvalue weighted by molar-refractivity contribution is 0.729. The van der Waals surface area contributed by atoms with Crippen LogP contribution in [0.5, 0.6) is 0 Å². The molecule has 25 heavy (non-hydrogen) atoms. The number of thioether (sulfide) groups is 2. The Bertz CT molecular complexity index is 770. The summed E-state index contributed by atoms with van der Waals surface area (Å²) in [6, 6.07) is 8.15. The van der Waals surface area contributed by atoms with Crippen LogP contribution in [-0.2, 0) is 0 Å². The average Bonchev–Trinajstić information content (AvgIpc) is 3.23. The summed E-state index contributed by atoms with van der Waals surface area (Å²) in [5.41, 5.74) is 10.9. The third-order valence-corrected chi connectivity index (χ3v) is 7.22. The molecule has 2 aromatic rings. The molecule has 0 spiro atoms. The number of hydrogen-bond acceptors (Lipinski definition) is 7. The third kappa shape index (κ3) is 3.51. The lowest BCUT2D eigenvalue weighted by Gasteiger charge is -2.35. The summed E-state index contributed by atoms with van der Waals surface area (Å²) in [6.45, 7) is 0. The van der Waals surface area contributed by atoms with Crippen molar-refractivity contribution in [2.24, 2.45) is 5.73 Å². The third-order valence-electron chi connectivity index (χ3n) is 4.09. The lowest BCUT2D eigenvalue weighted by atomic mass is 9.95. The zero-order valence-corrected chi connectivity index (χ0v) is 16.8. The van der Waals surface area contributed by atoms with Gasteiger partial charge in [0, 0.05) is 35.1 Å². The van der Waals surface area contributed by atoms with E-state index in [0.717, 1.165) is 21.3 Å². The van der Waals surface area contributed by atoms with Crippen LogP contribution in [-0.4, -0.2) is 36.0 Å². The van der Waals surface area contributed by atoms with Crippen molar-refractivity contribution < 1.29 is 0 Å². The predicted octanol–water partition coefficient (Wildman–Crippen LogP) is 3.99. The SMILES string of the molecule is CSC1=CC(c2cscn2)C(Nc2ccc(N(C)C)cc2)(C(=N)N)S1. The summed E-state index contributed by atoms with van der Waals surface area (Å²) < 4.78 is 1.14. The molecule has 0 bridgehead atoms. The van der Waals surface area contributed by atoms with Gasteiger partial charge in [-0.3, -0.25) is 5.41 Å². The van der Waals surface area contributed by atoms with Gasteiger partial charge in [0.1, 0.15) is 5.84 Å². The van der Waals surface area contributed by atoms with Crippen molar-refractivity contribution in [1.82, 2.24) is 4.98 Å². The minimum atomic E-state index is -0.758. The van der Waals surface area contributed by atoms with Crippen LogP contribution in [0.1, 0.15) is 11.6 Å². The van der Waals surface area contributed by atoms with Gasteiger partial charge in [-0.25, -0.2) is 4.98 Å². The van der Waals surface area contributed by atoms with Gasteiger partial charge in [-0.15, -0.1) is 23.1 Å². The van der Waals surface area contributed by atoms with Crippen LogP contribution >= 0.6 is 34.9 Å². The maximum Gasteiger partial charge on any atom is 0.158 e. The molecular weight excluding hydrogens is 370 g/mol. The molecule has 0 saturated heterocycles. The van der Waals surface area contributed by atoms with Crippen molar-refractivity contribution in [3.05, 3.63) is 51.2 Å². The summed E-state index contributed by atoms with van der Waals surface area (Å²) in [4.78, 5) is 5.77. The van der Waals surface area contributed by atoms with E-state index >= 15 is 0 Å². The van der Waals surface area contributed by atoms with E-state index in [2.05, 4.69) is 33.4 Å². The van der Waals surface area contributed by atoms with Gasteiger partial charge in [-0.1, -0.05) is 17.8 Å². The van der Waals surface area contributed by atoms with Crippen molar-refractivity contribution in [1.29, 1.82) is 5.41 Å². The summed E-state index contributed by atoms with van der Waals surface area (Å²) >= 11 is 4.82. The highest BCUT2D eigenvalue weighted by molar-refractivity contribution is 8.23. The average molecular weight is 392 g/mol. The molecule has 3 rings (SSSR count). The number of aromatic nitrogens is 1. The van der Waals surface area contributed by atoms with E-state index in [1.807, 2.05) is 43.4 Å². The van der Waals surface area contributed by atoms with Crippen LogP contribution in [0.25, 0.3) is 0 Å². The Kier molecular flexibility index (Phi) is 5.31. The Labute approximate surface area is 160 Å². The van der Waals surface area contributed by atoms with E-state index in [1.165, 1.54) is 0 Å². The van der Waals surface area contributed by atoms with Crippen LogP contribution in [0.4, 0.5) is 11.4 Å². The number of nitrogens with one attached hydrogen (secondary N) is 2. The maximum atomic E-state index is 8.32. The molecule has 2 heterocycles. The number of hydrogen-bond donors (Lipinski definition) is 3. The first-order valence-corrected chi connectivity index (χ1v) is 10.7. The zero-order valence-electron chi connectivity index (χ0n) is 14.3. The standard InChI is InChI=1S/C17H21N5S3/c1-22(2)12-6-4-11(5-7-12)21-17(16(18)19)13(8-15(23-3)25-17)14-9-24-10-20-14/h4-10,13,21H,1-3H3,(H3,18,19). The van der Waals surface area contributed by atoms with Crippen LogP contribution < -0.4 is 16.0 Å². The van der Waals surface area contributed by atoms with E-state index in [1.54, 1.807) is 34.9 Å². The van der Waals surface area contributed by atoms with Gasteiger partial charge in [0.2, 0.25) is 0 Å². The normalized spacial score (nSPS) is 22.5. The van der Waals surface area contributed by atoms with Crippen LogP contribution in [0.3, 0.4) is 0 Å². The number of nitrogens with two attached hydrogens (primary N) is 1. The first-order chi connectivity index (χ1) is 12.0. The number of nitrogens with zero attached hydrogens (tertiary/aromatic N) is 2. The smallest absolute Gasteiger partial charge is 0.158 e. The van der Waals surface area contributed by atoms with E-state index < -0.39 is 4.87 Å². The van der Waals surface area contributed by atoms with Gasteiger partial charge in [0.25, 0.3) is 0 Å². The minimum absolute atomic E-state index is 0.0859. The second-order valence-corrected chi connectivity index (χ2v) is 9.01. The van der Waals surface area contributed by atoms with E-state index in [-0.39, 0.29) is 11.8 Å². The fourth-order valence-corrected chi connectivity index (χ4v) is 5.45. The van der Waals surface area contributed by atoms with Crippen LogP contribution in [0.15, 0.2) is 45.5 Å². The van der Waals surface area contributed by atoms with E-state index in [0.29, 0.717) is 0 Å². The predicted molar refractivity (Wildman–Crippen MR) is 113 cm³/mol. The number of amidine groups is 1. The molecular formula is C17H21N5S3. The fraction of sp³-hybridized carbons (Fsp3) is 0.294. The van der Waals surface area contributed by atoms with Gasteiger partial charge in [-0.2, -0.15) is 0 Å². The molecule has 0 fully saturated rings. The summed E-state index contributed by atoms with van der Waals surface area (Å²) in [7, 11) is 4.03. The molecule has 4 N–H and O–H groups in total. The van der Waals surface area contributed by atoms with Gasteiger partial charge in [0.15, 0.2) is 4.87 Å². The molecule has 1 aromatic heterocycles. The van der Waals surface area contributed by atoms with E-state index in [4.69, 9.17) is 11.1 Å². The lowest BCUT2D eigenvalue weighted by Crippen LogP contribution is -2.49. The number of rotatable bonds is 6. The number of benzene rings is 1. The van der Waals surface area contributed by atoms with Crippen molar-refractivity contribution >= 4 is 52.1 Å². The van der Waals surface area contributed by atoms with Gasteiger partial charge in [0.05, 0.1) is 17.1 Å². The summed E-state index contributed by atoms with van der Waals surface area (Å²) in [5, 5.41) is 13.9. The Balaban J connectivity index is 1.97. The van der Waals surface area contributed by atoms with Gasteiger partial charge in [-0.05, 0) is 30.5 Å². The molecule has 0 aliphatic carbocycles. The highest BCUT2D eigenvalue weighted by Crippen LogP contribution is 2.53. The van der Waals surface area contributed by atoms with Crippen molar-refractivity contribution in [3.63, 3.8) is 0 Å². The molecule has 2 unspecified atom stereocenters. The second kappa shape index (κ2) is 7.31. The quantitative estimate of drug-likeness (QED) is 0.510. The van der Waals surface area contributed by atoms with Gasteiger partial charge >= 0.3 is 0 Å². The minimum Gasteiger partial charge on any atom is -0.385 e. The number of anilines is 2. The molecule has 1 aliphatic heterocycles. The summed E-state index contributed by atoms with van der Waals surface area (Å²) in [5.74, 6) is 0.0183. The molecule has 1 aliphatic rings. The zero-order chi connectivity index (χ0) is 18.0. The monoisotopic (exact) mass is 391 g/mol. The van der Waals surface area contributed by atoms with Gasteiger partial charge < -0.3 is 16.0 Å². The second-order valence-electron chi connectivity index (χ2n) is 5.90. The fourth-order valence-electron chi connectivity index (χ4n) is 2.74. The van der Waals surface area contributed by atoms with E-state index in [9.17, 15) is 0 Å². The molecule has 2 atom stereocenters. The van der Waals surface area contributed by atoms with Crippen molar-refractivity contribution in [3.8, 4) is 0 Å². The first kappa shape index (κ1) is 18.2. The first-order valence-electron chi connectivity index (χ1n) is 7.69. The molecule has 0 saturated carbocycles. The Hall–Kier alpha value is -1.64. The molecule has 1 aromatic carbocycles.